The Morgan fingerprint density at radius 1 is 1.50 bits per heavy atom. The van der Waals surface area contributed by atoms with Crippen LogP contribution in [0.15, 0.2) is 22.9 Å². The third kappa shape index (κ3) is 2.60. The van der Waals surface area contributed by atoms with Crippen LogP contribution in [0.5, 0.6) is 0 Å². The average Bonchev–Trinajstić information content (AvgIpc) is 1.95. The molecule has 54 valence electrons. The summed E-state index contributed by atoms with van der Waals surface area (Å²) in [5.41, 5.74) is 1.23. The number of pyridine rings is 1. The molecule has 0 saturated carbocycles. The summed E-state index contributed by atoms with van der Waals surface area (Å²) in [5.74, 6) is 0.959. The van der Waals surface area contributed by atoms with Crippen molar-refractivity contribution < 1.29 is 0 Å². The van der Waals surface area contributed by atoms with Gasteiger partial charge in [-0.2, -0.15) is 0 Å². The van der Waals surface area contributed by atoms with Gasteiger partial charge in [0.05, 0.1) is 0 Å². The lowest BCUT2D eigenvalue weighted by Crippen LogP contribution is -1.80. The first-order valence-electron chi connectivity index (χ1n) is 2.67. The topological polar surface area (TPSA) is 12.9 Å². The largest absolute Gasteiger partial charge is 0.249 e. The number of hydrogen-bond donors (Lipinski definition) is 0. The van der Waals surface area contributed by atoms with Crippen LogP contribution in [0.1, 0.15) is 5.56 Å². The van der Waals surface area contributed by atoms with Crippen LogP contribution < -0.4 is 0 Å². The molecule has 0 spiro atoms. The van der Waals surface area contributed by atoms with Crippen LogP contribution in [0.25, 0.3) is 0 Å². The monoisotopic (exact) mass is 281 g/mol. The van der Waals surface area contributed by atoms with Crippen LogP contribution >= 0.6 is 40.9 Å². The Balaban J connectivity index is 2.69. The van der Waals surface area contributed by atoms with Gasteiger partial charge in [0.1, 0.15) is 4.60 Å². The van der Waals surface area contributed by atoms with E-state index in [0.29, 0.717) is 0 Å². The third-order valence-electron chi connectivity index (χ3n) is 1.01. The van der Waals surface area contributed by atoms with Crippen LogP contribution in [0.2, 0.25) is 0 Å². The third-order valence-corrected chi connectivity index (χ3v) is 2.61. The minimum absolute atomic E-state index is 0.885. The van der Waals surface area contributed by atoms with Gasteiger partial charge in [-0.3, -0.25) is 0 Å². The zero-order valence-corrected chi connectivity index (χ0v) is 9.04. The van der Waals surface area contributed by atoms with Crippen molar-refractivity contribution in [1.82, 2.24) is 4.98 Å². The predicted molar refractivity (Wildman–Crippen MR) is 52.2 cm³/mol. The van der Waals surface area contributed by atoms with E-state index in [1.807, 2.05) is 18.3 Å². The standard InChI is InChI=1S/C6H5Br2NS/c7-6-2-1-5(3-9-6)4-10-8/h1-3H,4H2. The Morgan fingerprint density at radius 3 is 2.80 bits per heavy atom. The molecular formula is C6H5Br2NS. The van der Waals surface area contributed by atoms with E-state index in [-0.39, 0.29) is 0 Å². The molecular weight excluding hydrogens is 278 g/mol. The van der Waals surface area contributed by atoms with E-state index < -0.39 is 0 Å². The minimum Gasteiger partial charge on any atom is -0.249 e. The van der Waals surface area contributed by atoms with Gasteiger partial charge >= 0.3 is 0 Å². The van der Waals surface area contributed by atoms with Crippen molar-refractivity contribution in [3.05, 3.63) is 28.5 Å². The zero-order valence-electron chi connectivity index (χ0n) is 5.05. The van der Waals surface area contributed by atoms with Crippen molar-refractivity contribution in [2.45, 2.75) is 5.75 Å². The Kier molecular flexibility index (Phi) is 3.73. The first-order valence-corrected chi connectivity index (χ1v) is 6.29. The number of rotatable bonds is 2. The highest BCUT2D eigenvalue weighted by Crippen LogP contribution is 2.17. The maximum Gasteiger partial charge on any atom is 0.106 e. The molecule has 1 aromatic rings. The Labute approximate surface area is 79.9 Å². The maximum absolute atomic E-state index is 4.08. The van der Waals surface area contributed by atoms with Crippen LogP contribution in [0.3, 0.4) is 0 Å². The second-order valence-electron chi connectivity index (χ2n) is 1.74. The summed E-state index contributed by atoms with van der Waals surface area (Å²) < 4.78 is 0.885. The molecule has 1 nitrogen and oxygen atoms in total. The minimum atomic E-state index is 0.885. The van der Waals surface area contributed by atoms with Crippen molar-refractivity contribution in [1.29, 1.82) is 0 Å². The fraction of sp³-hybridized carbons (Fsp3) is 0.167. The molecule has 0 aliphatic rings. The predicted octanol–water partition coefficient (Wildman–Crippen LogP) is 3.39. The zero-order chi connectivity index (χ0) is 7.40. The van der Waals surface area contributed by atoms with E-state index in [1.54, 1.807) is 10.2 Å². The molecule has 1 heterocycles. The molecule has 0 aliphatic carbocycles. The van der Waals surface area contributed by atoms with E-state index in [0.717, 1.165) is 10.4 Å². The molecule has 0 radical (unpaired) electrons. The van der Waals surface area contributed by atoms with Gasteiger partial charge in [0.25, 0.3) is 0 Å². The van der Waals surface area contributed by atoms with Crippen molar-refractivity contribution >= 4 is 40.9 Å². The summed E-state index contributed by atoms with van der Waals surface area (Å²) in [6.45, 7) is 0. The van der Waals surface area contributed by atoms with Gasteiger partial charge in [0.15, 0.2) is 0 Å². The van der Waals surface area contributed by atoms with Crippen LogP contribution in [0.4, 0.5) is 0 Å². The molecule has 0 N–H and O–H groups in total. The number of halogens is 2. The second-order valence-corrected chi connectivity index (χ2v) is 4.44. The highest BCUT2D eigenvalue weighted by atomic mass is 79.9. The van der Waals surface area contributed by atoms with E-state index >= 15 is 0 Å². The second kappa shape index (κ2) is 4.36. The molecule has 10 heavy (non-hydrogen) atoms. The van der Waals surface area contributed by atoms with Gasteiger partial charge in [-0.1, -0.05) is 16.3 Å². The number of nitrogens with zero attached hydrogens (tertiary/aromatic N) is 1. The molecule has 4 heteroatoms. The van der Waals surface area contributed by atoms with Crippen molar-refractivity contribution in [3.63, 3.8) is 0 Å². The first-order chi connectivity index (χ1) is 4.83. The summed E-state index contributed by atoms with van der Waals surface area (Å²) in [7, 11) is 1.62. The molecule has 0 fully saturated rings. The number of aromatic nitrogens is 1. The molecule has 1 aromatic heterocycles. The SMILES string of the molecule is BrSCc1ccc(Br)nc1. The Morgan fingerprint density at radius 2 is 2.30 bits per heavy atom. The van der Waals surface area contributed by atoms with Gasteiger partial charge in [-0.25, -0.2) is 4.98 Å². The van der Waals surface area contributed by atoms with Crippen LogP contribution in [-0.4, -0.2) is 4.98 Å². The molecule has 0 saturated heterocycles. The average molecular weight is 283 g/mol. The molecule has 0 bridgehead atoms. The summed E-state index contributed by atoms with van der Waals surface area (Å²) in [6.07, 6.45) is 1.86. The highest BCUT2D eigenvalue weighted by molar-refractivity contribution is 9.50. The molecule has 0 atom stereocenters. The normalized spacial score (nSPS) is 9.80. The summed E-state index contributed by atoms with van der Waals surface area (Å²) in [4.78, 5) is 4.08. The highest BCUT2D eigenvalue weighted by Gasteiger charge is 1.91. The van der Waals surface area contributed by atoms with Crippen molar-refractivity contribution in [2.75, 3.05) is 0 Å². The van der Waals surface area contributed by atoms with Gasteiger partial charge in [0.2, 0.25) is 0 Å². The Bertz CT molecular complexity index is 199. The molecule has 0 aromatic carbocycles. The molecule has 0 aliphatic heterocycles. The Hall–Kier alpha value is 0.460. The van der Waals surface area contributed by atoms with Gasteiger partial charge in [0, 0.05) is 11.9 Å². The van der Waals surface area contributed by atoms with Crippen LogP contribution in [-0.2, 0) is 5.75 Å². The lowest BCUT2D eigenvalue weighted by atomic mass is 10.3. The van der Waals surface area contributed by atoms with E-state index in [9.17, 15) is 0 Å². The number of hydrogen-bond acceptors (Lipinski definition) is 2. The summed E-state index contributed by atoms with van der Waals surface area (Å²) in [6, 6.07) is 3.99. The van der Waals surface area contributed by atoms with Gasteiger partial charge in [-0.05, 0) is 42.4 Å². The summed E-state index contributed by atoms with van der Waals surface area (Å²) in [5, 5.41) is 0. The lowest BCUT2D eigenvalue weighted by Gasteiger charge is -1.94. The first kappa shape index (κ1) is 8.56. The smallest absolute Gasteiger partial charge is 0.106 e. The molecule has 0 unspecified atom stereocenters. The van der Waals surface area contributed by atoms with E-state index in [1.165, 1.54) is 5.56 Å². The quantitative estimate of drug-likeness (QED) is 0.772. The molecule has 1 rings (SSSR count). The maximum atomic E-state index is 4.08. The lowest BCUT2D eigenvalue weighted by molar-refractivity contribution is 1.22. The van der Waals surface area contributed by atoms with Crippen LogP contribution in [0, 0.1) is 0 Å². The van der Waals surface area contributed by atoms with E-state index in [4.69, 9.17) is 0 Å². The van der Waals surface area contributed by atoms with Gasteiger partial charge in [-0.15, -0.1) is 0 Å². The van der Waals surface area contributed by atoms with Crippen molar-refractivity contribution in [3.8, 4) is 0 Å². The summed E-state index contributed by atoms with van der Waals surface area (Å²) >= 11 is 6.55. The fourth-order valence-electron chi connectivity index (χ4n) is 0.555. The van der Waals surface area contributed by atoms with Gasteiger partial charge < -0.3 is 0 Å². The molecule has 0 amide bonds. The van der Waals surface area contributed by atoms with E-state index in [2.05, 4.69) is 35.7 Å². The fourth-order valence-corrected chi connectivity index (χ4v) is 1.88. The van der Waals surface area contributed by atoms with Crippen molar-refractivity contribution in [2.24, 2.45) is 0 Å².